The molecular formula is C56H38N2. The Morgan fingerprint density at radius 3 is 1.41 bits per heavy atom. The maximum Gasteiger partial charge on any atom is 0.0626 e. The van der Waals surface area contributed by atoms with Gasteiger partial charge in [0.25, 0.3) is 0 Å². The van der Waals surface area contributed by atoms with Crippen molar-refractivity contribution in [1.29, 1.82) is 0 Å². The molecule has 0 aliphatic heterocycles. The number of aromatic nitrogens is 1. The molecule has 2 aromatic heterocycles. The smallest absolute Gasteiger partial charge is 0.0626 e. The molecule has 2 heterocycles. The van der Waals surface area contributed by atoms with Crippen LogP contribution in [-0.4, -0.2) is 4.40 Å². The molecule has 0 unspecified atom stereocenters. The van der Waals surface area contributed by atoms with Gasteiger partial charge in [-0.3, -0.25) is 0 Å². The van der Waals surface area contributed by atoms with Crippen molar-refractivity contribution in [1.82, 2.24) is 4.40 Å². The lowest BCUT2D eigenvalue weighted by Gasteiger charge is -2.27. The van der Waals surface area contributed by atoms with E-state index in [1.54, 1.807) is 0 Å². The Morgan fingerprint density at radius 1 is 0.276 bits per heavy atom. The first-order chi connectivity index (χ1) is 28.8. The van der Waals surface area contributed by atoms with E-state index in [0.29, 0.717) is 0 Å². The van der Waals surface area contributed by atoms with Crippen LogP contribution in [0.1, 0.15) is 0 Å². The van der Waals surface area contributed by atoms with Crippen LogP contribution in [0.4, 0.5) is 17.1 Å². The van der Waals surface area contributed by atoms with Gasteiger partial charge in [-0.1, -0.05) is 182 Å². The molecule has 0 fully saturated rings. The molecule has 0 bridgehead atoms. The summed E-state index contributed by atoms with van der Waals surface area (Å²) in [5.41, 5.74) is 16.5. The molecule has 0 aliphatic carbocycles. The van der Waals surface area contributed by atoms with E-state index in [2.05, 4.69) is 240 Å². The Kier molecular flexibility index (Phi) is 8.19. The van der Waals surface area contributed by atoms with Crippen LogP contribution in [0, 0.1) is 0 Å². The van der Waals surface area contributed by atoms with Gasteiger partial charge in [-0.25, -0.2) is 0 Å². The zero-order valence-corrected chi connectivity index (χ0v) is 31.8. The molecule has 2 nitrogen and oxygen atoms in total. The predicted molar refractivity (Wildman–Crippen MR) is 246 cm³/mol. The topological polar surface area (TPSA) is 7.65 Å². The van der Waals surface area contributed by atoms with Crippen LogP contribution in [-0.2, 0) is 0 Å². The Bertz CT molecular complexity index is 3180. The summed E-state index contributed by atoms with van der Waals surface area (Å²) in [5, 5.41) is 5.01. The molecule has 0 saturated heterocycles. The van der Waals surface area contributed by atoms with Crippen molar-refractivity contribution in [3.63, 3.8) is 0 Å². The summed E-state index contributed by atoms with van der Waals surface area (Å²) in [7, 11) is 0. The Labute approximate surface area is 338 Å². The van der Waals surface area contributed by atoms with Crippen molar-refractivity contribution in [3.05, 3.63) is 231 Å². The van der Waals surface area contributed by atoms with E-state index in [1.165, 1.54) is 82.6 Å². The number of benzene rings is 9. The molecule has 0 atom stereocenters. The second-order valence-electron chi connectivity index (χ2n) is 14.9. The van der Waals surface area contributed by atoms with E-state index in [4.69, 9.17) is 0 Å². The van der Waals surface area contributed by atoms with Gasteiger partial charge in [-0.05, 0) is 87.3 Å². The molecule has 0 aliphatic rings. The van der Waals surface area contributed by atoms with Gasteiger partial charge in [0.05, 0.1) is 16.6 Å². The first-order valence-electron chi connectivity index (χ1n) is 19.9. The van der Waals surface area contributed by atoms with Crippen LogP contribution >= 0.6 is 0 Å². The number of hydrogen-bond donors (Lipinski definition) is 0. The van der Waals surface area contributed by atoms with Gasteiger partial charge in [0.1, 0.15) is 0 Å². The molecule has 0 saturated carbocycles. The second kappa shape index (κ2) is 14.1. The van der Waals surface area contributed by atoms with E-state index in [1.807, 2.05) is 0 Å². The number of rotatable bonds is 7. The summed E-state index contributed by atoms with van der Waals surface area (Å²) < 4.78 is 2.52. The number of anilines is 3. The second-order valence-corrected chi connectivity index (χ2v) is 14.9. The molecule has 0 spiro atoms. The van der Waals surface area contributed by atoms with E-state index in [-0.39, 0.29) is 0 Å². The minimum atomic E-state index is 1.09. The largest absolute Gasteiger partial charge is 0.310 e. The predicted octanol–water partition coefficient (Wildman–Crippen LogP) is 15.5. The van der Waals surface area contributed by atoms with Gasteiger partial charge >= 0.3 is 0 Å². The highest BCUT2D eigenvalue weighted by Crippen LogP contribution is 2.46. The van der Waals surface area contributed by atoms with Crippen molar-refractivity contribution in [3.8, 4) is 44.5 Å². The van der Waals surface area contributed by atoms with Gasteiger partial charge in [0, 0.05) is 44.3 Å². The van der Waals surface area contributed by atoms with Gasteiger partial charge in [-0.15, -0.1) is 0 Å². The molecule has 9 aromatic carbocycles. The molecule has 2 heteroatoms. The molecule has 11 aromatic rings. The van der Waals surface area contributed by atoms with E-state index < -0.39 is 0 Å². The summed E-state index contributed by atoms with van der Waals surface area (Å²) in [6.45, 7) is 0. The van der Waals surface area contributed by atoms with Crippen LogP contribution in [0.2, 0.25) is 0 Å². The summed E-state index contributed by atoms with van der Waals surface area (Å²) in [6.07, 6.45) is 0. The highest BCUT2D eigenvalue weighted by atomic mass is 15.1. The maximum absolute atomic E-state index is 2.52. The van der Waals surface area contributed by atoms with Crippen molar-refractivity contribution in [2.24, 2.45) is 0 Å². The maximum atomic E-state index is 2.52. The summed E-state index contributed by atoms with van der Waals surface area (Å²) in [6, 6.07) is 83.6. The van der Waals surface area contributed by atoms with E-state index in [9.17, 15) is 0 Å². The molecule has 0 radical (unpaired) electrons. The number of fused-ring (bicyclic) bond motifs is 8. The highest BCUT2D eigenvalue weighted by Gasteiger charge is 2.22. The fourth-order valence-corrected chi connectivity index (χ4v) is 8.93. The number of hydrogen-bond acceptors (Lipinski definition) is 1. The fraction of sp³-hybridized carbons (Fsp3) is 0. The minimum Gasteiger partial charge on any atom is -0.310 e. The third-order valence-electron chi connectivity index (χ3n) is 11.5. The lowest BCUT2D eigenvalue weighted by molar-refractivity contribution is 1.28. The number of para-hydroxylation sites is 3. The average Bonchev–Trinajstić information content (AvgIpc) is 3.67. The summed E-state index contributed by atoms with van der Waals surface area (Å²) >= 11 is 0. The molecule has 11 rings (SSSR count). The molecule has 272 valence electrons. The SMILES string of the molecule is c1ccc(-c2cc(-c3ccccc3)cc(N(c3ccccc3)c3ccc(-c4cccc5c(-c6ccccc6)c6c7ccccc7c7ccccc7n6c45)cc3)c2)cc1. The number of pyridine rings is 1. The minimum absolute atomic E-state index is 1.09. The van der Waals surface area contributed by atoms with Crippen molar-refractivity contribution in [2.45, 2.75) is 0 Å². The number of nitrogens with zero attached hydrogens (tertiary/aromatic N) is 2. The zero-order valence-electron chi connectivity index (χ0n) is 31.8. The third-order valence-corrected chi connectivity index (χ3v) is 11.5. The van der Waals surface area contributed by atoms with Crippen molar-refractivity contribution >= 4 is 55.2 Å². The Hall–Kier alpha value is -7.68. The van der Waals surface area contributed by atoms with Gasteiger partial charge in [0.15, 0.2) is 0 Å². The lowest BCUT2D eigenvalue weighted by atomic mass is 9.96. The molecular weight excluding hydrogens is 701 g/mol. The Morgan fingerprint density at radius 2 is 0.776 bits per heavy atom. The first-order valence-corrected chi connectivity index (χ1v) is 19.9. The van der Waals surface area contributed by atoms with Crippen molar-refractivity contribution < 1.29 is 0 Å². The van der Waals surface area contributed by atoms with Gasteiger partial charge < -0.3 is 9.30 Å². The van der Waals surface area contributed by atoms with E-state index >= 15 is 0 Å². The molecule has 0 N–H and O–H groups in total. The van der Waals surface area contributed by atoms with E-state index in [0.717, 1.165) is 17.1 Å². The van der Waals surface area contributed by atoms with Gasteiger partial charge in [-0.2, -0.15) is 0 Å². The normalized spacial score (nSPS) is 11.4. The zero-order chi connectivity index (χ0) is 38.4. The standard InChI is InChI=1S/C56H38N2/c1-5-18-39(19-6-1)43-36-44(40-20-7-2-8-21-40)38-47(37-43)57(45-24-11-4-12-25-45)46-34-32-41(33-35-46)48-29-17-30-52-54(42-22-9-3-10-23-42)56-51-28-14-13-26-49(51)50-27-15-16-31-53(50)58(56)55(48)52/h1-38H. The van der Waals surface area contributed by atoms with Crippen LogP contribution in [0.5, 0.6) is 0 Å². The average molecular weight is 739 g/mol. The highest BCUT2D eigenvalue weighted by molar-refractivity contribution is 6.23. The van der Waals surface area contributed by atoms with Crippen molar-refractivity contribution in [2.75, 3.05) is 4.90 Å². The van der Waals surface area contributed by atoms with Crippen LogP contribution in [0.15, 0.2) is 231 Å². The fourth-order valence-electron chi connectivity index (χ4n) is 8.93. The first kappa shape index (κ1) is 33.6. The molecule has 0 amide bonds. The Balaban J connectivity index is 1.13. The quantitative estimate of drug-likeness (QED) is 0.148. The third kappa shape index (κ3) is 5.66. The van der Waals surface area contributed by atoms with Crippen LogP contribution in [0.25, 0.3) is 82.6 Å². The molecule has 58 heavy (non-hydrogen) atoms. The summed E-state index contributed by atoms with van der Waals surface area (Å²) in [5.74, 6) is 0. The van der Waals surface area contributed by atoms with Gasteiger partial charge in [0.2, 0.25) is 0 Å². The van der Waals surface area contributed by atoms with Crippen LogP contribution < -0.4 is 4.90 Å². The van der Waals surface area contributed by atoms with Crippen LogP contribution in [0.3, 0.4) is 0 Å². The lowest BCUT2D eigenvalue weighted by Crippen LogP contribution is -2.10. The summed E-state index contributed by atoms with van der Waals surface area (Å²) in [4.78, 5) is 2.38. The monoisotopic (exact) mass is 738 g/mol.